The van der Waals surface area contributed by atoms with Gasteiger partial charge in [0.1, 0.15) is 5.75 Å². The first-order valence-corrected chi connectivity index (χ1v) is 17.1. The summed E-state index contributed by atoms with van der Waals surface area (Å²) >= 11 is 0. The van der Waals surface area contributed by atoms with Gasteiger partial charge < -0.3 is 14.5 Å². The highest BCUT2D eigenvalue weighted by molar-refractivity contribution is 6.14. The predicted molar refractivity (Wildman–Crippen MR) is 210 cm³/mol. The fourth-order valence-electron chi connectivity index (χ4n) is 6.62. The number of rotatable bonds is 8. The number of hydrogen-bond donors (Lipinski definition) is 0. The Labute approximate surface area is 299 Å². The van der Waals surface area contributed by atoms with Gasteiger partial charge in [0.15, 0.2) is 5.76 Å². The van der Waals surface area contributed by atoms with Crippen LogP contribution in [0.3, 0.4) is 0 Å². The number of ether oxygens (including phenoxy) is 1. The molecule has 1 aliphatic rings. The zero-order valence-corrected chi connectivity index (χ0v) is 28.5. The molecule has 7 aromatic carbocycles. The van der Waals surface area contributed by atoms with Crippen LogP contribution in [0.1, 0.15) is 27.0 Å². The number of aryl methyl sites for hydroxylation is 2. The molecule has 0 radical (unpaired) electrons. The molecule has 0 aromatic heterocycles. The zero-order chi connectivity index (χ0) is 34.7. The summed E-state index contributed by atoms with van der Waals surface area (Å²) < 4.78 is 5.86. The van der Waals surface area contributed by atoms with E-state index < -0.39 is 0 Å². The van der Waals surface area contributed by atoms with Gasteiger partial charge in [0.25, 0.3) is 0 Å². The van der Waals surface area contributed by atoms with Crippen LogP contribution in [0.2, 0.25) is 0 Å². The maximum atomic E-state index is 12.9. The number of nitrogens with zero attached hydrogens (tertiary/aromatic N) is 2. The van der Waals surface area contributed by atoms with E-state index in [1.165, 1.54) is 11.1 Å². The summed E-state index contributed by atoms with van der Waals surface area (Å²) in [5.74, 6) is 0.850. The molecule has 246 valence electrons. The minimum Gasteiger partial charge on any atom is -0.452 e. The molecule has 0 amide bonds. The van der Waals surface area contributed by atoms with E-state index in [4.69, 9.17) is 4.74 Å². The number of para-hydroxylation sites is 2. The fourth-order valence-corrected chi connectivity index (χ4v) is 6.62. The molecule has 7 aromatic rings. The van der Waals surface area contributed by atoms with Crippen molar-refractivity contribution in [2.45, 2.75) is 13.8 Å². The quantitative estimate of drug-likeness (QED) is 0.152. The van der Waals surface area contributed by atoms with E-state index >= 15 is 0 Å². The van der Waals surface area contributed by atoms with Crippen LogP contribution in [-0.2, 0) is 0 Å². The third kappa shape index (κ3) is 6.55. The van der Waals surface area contributed by atoms with Gasteiger partial charge in [-0.05, 0) is 133 Å². The van der Waals surface area contributed by atoms with Crippen molar-refractivity contribution in [1.29, 1.82) is 0 Å². The van der Waals surface area contributed by atoms with Crippen molar-refractivity contribution >= 4 is 46.0 Å². The van der Waals surface area contributed by atoms with Gasteiger partial charge in [0, 0.05) is 34.1 Å². The zero-order valence-electron chi connectivity index (χ0n) is 28.5. The van der Waals surface area contributed by atoms with Gasteiger partial charge >= 0.3 is 0 Å². The molecule has 0 N–H and O–H groups in total. The van der Waals surface area contributed by atoms with Crippen molar-refractivity contribution in [1.82, 2.24) is 0 Å². The highest BCUT2D eigenvalue weighted by Gasteiger charge is 2.26. The Morgan fingerprint density at radius 1 is 0.451 bits per heavy atom. The van der Waals surface area contributed by atoms with Gasteiger partial charge in [-0.2, -0.15) is 0 Å². The summed E-state index contributed by atoms with van der Waals surface area (Å²) in [6.45, 7) is 4.24. The minimum absolute atomic E-state index is 0.0920. The standard InChI is InChI=1S/C47H36N2O2/c1-33-10-8-14-42(30-33)48(38-12-4-3-5-13-38)40-26-20-36(21-27-40)37-22-28-41(29-23-37)49(43-15-9-11-34(2)31-43)39-24-18-35(19-25-39)32-46-47(50)44-16-6-7-17-45(44)51-46/h3-32H,1-2H3. The number of allylic oxidation sites excluding steroid dienone is 1. The van der Waals surface area contributed by atoms with Crippen LogP contribution in [0.15, 0.2) is 182 Å². The lowest BCUT2D eigenvalue weighted by Gasteiger charge is -2.26. The first kappa shape index (κ1) is 31.6. The van der Waals surface area contributed by atoms with E-state index in [9.17, 15) is 4.79 Å². The molecular weight excluding hydrogens is 625 g/mol. The van der Waals surface area contributed by atoms with E-state index in [1.54, 1.807) is 6.07 Å². The van der Waals surface area contributed by atoms with Gasteiger partial charge in [0.05, 0.1) is 5.56 Å². The highest BCUT2D eigenvalue weighted by atomic mass is 16.5. The second kappa shape index (κ2) is 13.7. The van der Waals surface area contributed by atoms with Gasteiger partial charge in [-0.25, -0.2) is 0 Å². The molecule has 0 aliphatic carbocycles. The maximum absolute atomic E-state index is 12.9. The van der Waals surface area contributed by atoms with Gasteiger partial charge in [-0.15, -0.1) is 0 Å². The van der Waals surface area contributed by atoms with Gasteiger partial charge in [-0.1, -0.05) is 91.0 Å². The fraction of sp³-hybridized carbons (Fsp3) is 0.0426. The molecule has 0 saturated heterocycles. The molecule has 1 aliphatic heterocycles. The Hall–Kier alpha value is -6.65. The molecule has 0 spiro atoms. The van der Waals surface area contributed by atoms with E-state index in [0.29, 0.717) is 17.1 Å². The highest BCUT2D eigenvalue weighted by Crippen LogP contribution is 2.39. The minimum atomic E-state index is -0.0920. The molecule has 0 atom stereocenters. The first-order valence-electron chi connectivity index (χ1n) is 17.1. The number of anilines is 6. The van der Waals surface area contributed by atoms with Crippen LogP contribution in [0.25, 0.3) is 17.2 Å². The largest absolute Gasteiger partial charge is 0.452 e. The van der Waals surface area contributed by atoms with Crippen LogP contribution in [0.5, 0.6) is 5.75 Å². The van der Waals surface area contributed by atoms with Gasteiger partial charge in [-0.3, -0.25) is 4.79 Å². The average Bonchev–Trinajstić information content (AvgIpc) is 3.48. The Morgan fingerprint density at radius 2 is 0.902 bits per heavy atom. The van der Waals surface area contributed by atoms with Crippen molar-refractivity contribution in [2.24, 2.45) is 0 Å². The lowest BCUT2D eigenvalue weighted by molar-refractivity contribution is 0.101. The van der Waals surface area contributed by atoms with Crippen LogP contribution >= 0.6 is 0 Å². The van der Waals surface area contributed by atoms with Crippen molar-refractivity contribution in [2.75, 3.05) is 9.80 Å². The molecule has 8 rings (SSSR count). The van der Waals surface area contributed by atoms with Crippen LogP contribution in [0.4, 0.5) is 34.1 Å². The lowest BCUT2D eigenvalue weighted by Crippen LogP contribution is -2.10. The number of benzene rings is 7. The summed E-state index contributed by atoms with van der Waals surface area (Å²) in [6.07, 6.45) is 1.81. The molecule has 0 saturated carbocycles. The van der Waals surface area contributed by atoms with Crippen molar-refractivity contribution < 1.29 is 9.53 Å². The SMILES string of the molecule is Cc1cccc(N(c2ccccc2)c2ccc(-c3ccc(N(c4ccc(C=C5Oc6ccccc6C5=O)cc4)c4cccc(C)c4)cc3)cc2)c1. The summed E-state index contributed by atoms with van der Waals surface area (Å²) in [7, 11) is 0. The summed E-state index contributed by atoms with van der Waals surface area (Å²) in [6, 6.07) is 60.7. The number of ketones is 1. The Bertz CT molecular complexity index is 2360. The second-order valence-corrected chi connectivity index (χ2v) is 12.8. The summed E-state index contributed by atoms with van der Waals surface area (Å²) in [5, 5.41) is 0. The van der Waals surface area contributed by atoms with E-state index in [-0.39, 0.29) is 5.78 Å². The molecular formula is C47H36N2O2. The second-order valence-electron chi connectivity index (χ2n) is 12.8. The van der Waals surface area contributed by atoms with Crippen LogP contribution in [0, 0.1) is 13.8 Å². The average molecular weight is 661 g/mol. The number of fused-ring (bicyclic) bond motifs is 1. The van der Waals surface area contributed by atoms with Crippen LogP contribution < -0.4 is 14.5 Å². The number of hydrogen-bond acceptors (Lipinski definition) is 4. The Kier molecular flexibility index (Phi) is 8.49. The predicted octanol–water partition coefficient (Wildman–Crippen LogP) is 12.5. The molecule has 0 fully saturated rings. The van der Waals surface area contributed by atoms with Crippen molar-refractivity contribution in [3.8, 4) is 16.9 Å². The van der Waals surface area contributed by atoms with E-state index in [1.807, 2.05) is 42.5 Å². The first-order chi connectivity index (χ1) is 25.0. The maximum Gasteiger partial charge on any atom is 0.231 e. The van der Waals surface area contributed by atoms with E-state index in [0.717, 1.165) is 50.8 Å². The smallest absolute Gasteiger partial charge is 0.231 e. The van der Waals surface area contributed by atoms with Crippen molar-refractivity contribution in [3.63, 3.8) is 0 Å². The van der Waals surface area contributed by atoms with Gasteiger partial charge in [0.2, 0.25) is 5.78 Å². The van der Waals surface area contributed by atoms with Crippen LogP contribution in [-0.4, -0.2) is 5.78 Å². The third-order valence-corrected chi connectivity index (χ3v) is 9.14. The normalized spacial score (nSPS) is 12.7. The van der Waals surface area contributed by atoms with E-state index in [2.05, 4.69) is 157 Å². The number of Topliss-reactive ketones (excluding diaryl/α,β-unsaturated/α-hetero) is 1. The lowest BCUT2D eigenvalue weighted by atomic mass is 10.0. The molecule has 0 bridgehead atoms. The molecule has 4 heteroatoms. The Balaban J connectivity index is 1.08. The molecule has 51 heavy (non-hydrogen) atoms. The topological polar surface area (TPSA) is 32.8 Å². The molecule has 4 nitrogen and oxygen atoms in total. The summed E-state index contributed by atoms with van der Waals surface area (Å²) in [5.41, 5.74) is 12.7. The molecule has 0 unspecified atom stereocenters. The Morgan fingerprint density at radius 3 is 1.41 bits per heavy atom. The van der Waals surface area contributed by atoms with Crippen molar-refractivity contribution in [3.05, 3.63) is 204 Å². The number of carbonyl (C=O) groups excluding carboxylic acids is 1. The monoisotopic (exact) mass is 660 g/mol. The third-order valence-electron chi connectivity index (χ3n) is 9.14. The summed E-state index contributed by atoms with van der Waals surface area (Å²) in [4.78, 5) is 17.4. The molecule has 1 heterocycles. The number of carbonyl (C=O) groups is 1.